The normalized spacial score (nSPS) is 13.6. The number of anilines is 3. The second kappa shape index (κ2) is 9.53. The molecule has 0 amide bonds. The van der Waals surface area contributed by atoms with E-state index < -0.39 is 0 Å². The lowest BCUT2D eigenvalue weighted by atomic mass is 9.82. The molecule has 46 heavy (non-hydrogen) atoms. The molecular weight excluding hydrogens is 595 g/mol. The molecule has 2 aromatic heterocycles. The third-order valence-corrected chi connectivity index (χ3v) is 12.4. The molecule has 0 saturated carbocycles. The molecule has 0 saturated heterocycles. The van der Waals surface area contributed by atoms with E-state index >= 15 is 0 Å². The fraction of sp³-hybridized carbons (Fsp3) is 0.0698. The van der Waals surface area contributed by atoms with Gasteiger partial charge in [0.1, 0.15) is 0 Å². The van der Waals surface area contributed by atoms with Crippen LogP contribution in [-0.2, 0) is 5.41 Å². The first-order valence-electron chi connectivity index (χ1n) is 15.9. The maximum Gasteiger partial charge on any atom is 0.0476 e. The lowest BCUT2D eigenvalue weighted by Gasteiger charge is -2.28. The summed E-state index contributed by atoms with van der Waals surface area (Å²) >= 11 is 3.85. The predicted molar refractivity (Wildman–Crippen MR) is 202 cm³/mol. The molecule has 0 N–H and O–H groups in total. The standard InChI is InChI=1S/C43H29NS2/c1-43(2)36-15-9-8-14-31(36)32-20-17-28(24-37(32)43)44(27-11-4-3-5-12-27)29-18-21-35-39(25-29)45-38-23-22-34-33-19-16-26-10-6-7-13-30(26)41(33)46-42(34)40(35)38/h3-25H,1-2H3. The van der Waals surface area contributed by atoms with Crippen molar-refractivity contribution in [3.63, 3.8) is 0 Å². The molecule has 1 nitrogen and oxygen atoms in total. The highest BCUT2D eigenvalue weighted by molar-refractivity contribution is 7.30. The first-order chi connectivity index (χ1) is 22.6. The summed E-state index contributed by atoms with van der Waals surface area (Å²) in [5.74, 6) is 0. The summed E-state index contributed by atoms with van der Waals surface area (Å²) in [5, 5.41) is 8.08. The van der Waals surface area contributed by atoms with Crippen molar-refractivity contribution < 1.29 is 0 Å². The Hall–Kier alpha value is -4.96. The third kappa shape index (κ3) is 3.61. The minimum Gasteiger partial charge on any atom is -0.310 e. The molecule has 0 atom stereocenters. The molecule has 1 aliphatic carbocycles. The molecule has 0 aliphatic heterocycles. The number of hydrogen-bond acceptors (Lipinski definition) is 3. The lowest BCUT2D eigenvalue weighted by Crippen LogP contribution is -2.16. The van der Waals surface area contributed by atoms with Crippen molar-refractivity contribution >= 4 is 90.9 Å². The Morgan fingerprint density at radius 3 is 2.07 bits per heavy atom. The van der Waals surface area contributed by atoms with E-state index in [1.165, 1.54) is 84.7 Å². The van der Waals surface area contributed by atoms with Crippen molar-refractivity contribution in [2.24, 2.45) is 0 Å². The van der Waals surface area contributed by atoms with Crippen LogP contribution in [0, 0.1) is 0 Å². The second-order valence-electron chi connectivity index (χ2n) is 12.9. The van der Waals surface area contributed by atoms with E-state index in [1.807, 2.05) is 22.7 Å². The molecule has 0 bridgehead atoms. The van der Waals surface area contributed by atoms with Crippen molar-refractivity contribution in [3.05, 3.63) is 151 Å². The van der Waals surface area contributed by atoms with Crippen LogP contribution >= 0.6 is 22.7 Å². The van der Waals surface area contributed by atoms with Gasteiger partial charge >= 0.3 is 0 Å². The van der Waals surface area contributed by atoms with Crippen LogP contribution in [0.4, 0.5) is 17.1 Å². The third-order valence-electron chi connectivity index (χ3n) is 10.0. The van der Waals surface area contributed by atoms with Crippen molar-refractivity contribution in [1.29, 1.82) is 0 Å². The van der Waals surface area contributed by atoms with Gasteiger partial charge in [0.25, 0.3) is 0 Å². The molecule has 10 rings (SSSR count). The smallest absolute Gasteiger partial charge is 0.0476 e. The molecule has 9 aromatic rings. The van der Waals surface area contributed by atoms with E-state index in [0.717, 1.165) is 5.69 Å². The topological polar surface area (TPSA) is 3.24 Å². The molecule has 1 aliphatic rings. The number of nitrogens with zero attached hydrogens (tertiary/aromatic N) is 1. The predicted octanol–water partition coefficient (Wildman–Crippen LogP) is 13.4. The van der Waals surface area contributed by atoms with Gasteiger partial charge in [0, 0.05) is 62.8 Å². The maximum atomic E-state index is 2.42. The number of benzene rings is 7. The molecule has 0 spiro atoms. The van der Waals surface area contributed by atoms with Gasteiger partial charge in [0.2, 0.25) is 0 Å². The van der Waals surface area contributed by atoms with Crippen LogP contribution in [-0.4, -0.2) is 0 Å². The first-order valence-corrected chi connectivity index (χ1v) is 17.5. The van der Waals surface area contributed by atoms with Gasteiger partial charge in [-0.2, -0.15) is 0 Å². The lowest BCUT2D eigenvalue weighted by molar-refractivity contribution is 0.660. The van der Waals surface area contributed by atoms with Gasteiger partial charge in [-0.15, -0.1) is 22.7 Å². The van der Waals surface area contributed by atoms with Gasteiger partial charge in [-0.25, -0.2) is 0 Å². The average molecular weight is 624 g/mol. The summed E-state index contributed by atoms with van der Waals surface area (Å²) in [5.41, 5.74) is 8.96. The molecule has 7 aromatic carbocycles. The van der Waals surface area contributed by atoms with Crippen LogP contribution in [0.1, 0.15) is 25.0 Å². The fourth-order valence-corrected chi connectivity index (χ4v) is 10.4. The second-order valence-corrected chi connectivity index (χ2v) is 15.0. The zero-order valence-electron chi connectivity index (χ0n) is 25.5. The Bertz CT molecular complexity index is 2670. The Kier molecular flexibility index (Phi) is 5.44. The van der Waals surface area contributed by atoms with Gasteiger partial charge in [-0.1, -0.05) is 111 Å². The van der Waals surface area contributed by atoms with Crippen LogP contribution < -0.4 is 4.90 Å². The van der Waals surface area contributed by atoms with Crippen LogP contribution in [0.3, 0.4) is 0 Å². The van der Waals surface area contributed by atoms with Crippen LogP contribution in [0.5, 0.6) is 0 Å². The number of thiophene rings is 2. The molecular formula is C43H29NS2. The highest BCUT2D eigenvalue weighted by atomic mass is 32.1. The summed E-state index contributed by atoms with van der Waals surface area (Å²) in [7, 11) is 0. The van der Waals surface area contributed by atoms with E-state index in [1.54, 1.807) is 0 Å². The monoisotopic (exact) mass is 623 g/mol. The van der Waals surface area contributed by atoms with Crippen LogP contribution in [0.15, 0.2) is 140 Å². The molecule has 0 fully saturated rings. The van der Waals surface area contributed by atoms with Crippen LogP contribution in [0.25, 0.3) is 62.2 Å². The van der Waals surface area contributed by atoms with Crippen molar-refractivity contribution in [2.75, 3.05) is 4.90 Å². The van der Waals surface area contributed by atoms with E-state index in [2.05, 4.69) is 158 Å². The van der Waals surface area contributed by atoms with E-state index in [-0.39, 0.29) is 5.41 Å². The number of rotatable bonds is 3. The molecule has 0 unspecified atom stereocenters. The fourth-order valence-electron chi connectivity index (χ4n) is 7.81. The zero-order valence-corrected chi connectivity index (χ0v) is 27.2. The van der Waals surface area contributed by atoms with Crippen molar-refractivity contribution in [1.82, 2.24) is 0 Å². The number of hydrogen-bond donors (Lipinski definition) is 0. The summed E-state index contributed by atoms with van der Waals surface area (Å²) in [4.78, 5) is 2.42. The summed E-state index contributed by atoms with van der Waals surface area (Å²) < 4.78 is 5.44. The Labute approximate surface area is 275 Å². The molecule has 2 heterocycles. The van der Waals surface area contributed by atoms with E-state index in [9.17, 15) is 0 Å². The van der Waals surface area contributed by atoms with E-state index in [4.69, 9.17) is 0 Å². The minimum atomic E-state index is -0.0549. The van der Waals surface area contributed by atoms with Gasteiger partial charge < -0.3 is 4.90 Å². The first kappa shape index (κ1) is 26.3. The Morgan fingerprint density at radius 1 is 0.457 bits per heavy atom. The average Bonchev–Trinajstić information content (AvgIpc) is 3.73. The summed E-state index contributed by atoms with van der Waals surface area (Å²) in [6, 6.07) is 51.8. The molecule has 218 valence electrons. The zero-order chi connectivity index (χ0) is 30.6. The van der Waals surface area contributed by atoms with Gasteiger partial charge in [0.05, 0.1) is 0 Å². The van der Waals surface area contributed by atoms with Gasteiger partial charge in [-0.05, 0) is 75.5 Å². The number of fused-ring (bicyclic) bond motifs is 12. The number of para-hydroxylation sites is 1. The highest BCUT2D eigenvalue weighted by Gasteiger charge is 2.35. The largest absolute Gasteiger partial charge is 0.310 e. The Morgan fingerprint density at radius 2 is 1.15 bits per heavy atom. The summed E-state index contributed by atoms with van der Waals surface area (Å²) in [6.45, 7) is 4.71. The highest BCUT2D eigenvalue weighted by Crippen LogP contribution is 2.51. The maximum absolute atomic E-state index is 2.42. The molecule has 0 radical (unpaired) electrons. The Balaban J connectivity index is 1.17. The SMILES string of the molecule is CC1(C)c2ccccc2-c2ccc(N(c3ccccc3)c3ccc4c(c3)sc3ccc5c6ccc7ccccc7c6sc5c34)cc21. The van der Waals surface area contributed by atoms with Crippen molar-refractivity contribution in [2.45, 2.75) is 19.3 Å². The molecule has 3 heteroatoms. The minimum absolute atomic E-state index is 0.0549. The summed E-state index contributed by atoms with van der Waals surface area (Å²) in [6.07, 6.45) is 0. The van der Waals surface area contributed by atoms with Crippen LogP contribution in [0.2, 0.25) is 0 Å². The van der Waals surface area contributed by atoms with Crippen molar-refractivity contribution in [3.8, 4) is 11.1 Å². The quantitative estimate of drug-likeness (QED) is 0.189. The van der Waals surface area contributed by atoms with Gasteiger partial charge in [-0.3, -0.25) is 0 Å². The van der Waals surface area contributed by atoms with E-state index in [0.29, 0.717) is 0 Å². The van der Waals surface area contributed by atoms with Gasteiger partial charge in [0.15, 0.2) is 0 Å².